The molecule has 1 N–H and O–H groups in total. The summed E-state index contributed by atoms with van der Waals surface area (Å²) in [6, 6.07) is 18.0. The van der Waals surface area contributed by atoms with Gasteiger partial charge in [0.2, 0.25) is 0 Å². The van der Waals surface area contributed by atoms with Crippen molar-refractivity contribution in [2.45, 2.75) is 6.42 Å². The maximum Gasteiger partial charge on any atom is 0.160 e. The van der Waals surface area contributed by atoms with Crippen LogP contribution in [0.1, 0.15) is 5.56 Å². The standard InChI is InChI=1S/C16H17ClN2S.HI/c1-20-16(19-15-9-7-14(17)8-10-15)18-12-11-13-5-3-2-4-6-13;/h2-10H,11-12H2,1H3,(H,18,19);1H. The Hall–Kier alpha value is -0.720. The number of nitrogens with one attached hydrogen (secondary N) is 1. The van der Waals surface area contributed by atoms with Gasteiger partial charge in [-0.25, -0.2) is 0 Å². The normalized spacial score (nSPS) is 10.9. The number of anilines is 1. The van der Waals surface area contributed by atoms with E-state index in [2.05, 4.69) is 34.6 Å². The number of rotatable bonds is 4. The van der Waals surface area contributed by atoms with E-state index >= 15 is 0 Å². The van der Waals surface area contributed by atoms with E-state index in [9.17, 15) is 0 Å². The first-order valence-corrected chi connectivity index (χ1v) is 8.03. The summed E-state index contributed by atoms with van der Waals surface area (Å²) in [5, 5.41) is 4.95. The van der Waals surface area contributed by atoms with Gasteiger partial charge >= 0.3 is 0 Å². The van der Waals surface area contributed by atoms with Gasteiger partial charge in [-0.3, -0.25) is 4.99 Å². The lowest BCUT2D eigenvalue weighted by atomic mass is 10.2. The lowest BCUT2D eigenvalue weighted by Gasteiger charge is -2.07. The molecule has 0 aliphatic heterocycles. The highest BCUT2D eigenvalue weighted by Crippen LogP contribution is 2.15. The van der Waals surface area contributed by atoms with Crippen molar-refractivity contribution in [3.63, 3.8) is 0 Å². The van der Waals surface area contributed by atoms with Crippen LogP contribution in [0.2, 0.25) is 5.02 Å². The van der Waals surface area contributed by atoms with Gasteiger partial charge in [0.1, 0.15) is 0 Å². The molecule has 0 unspecified atom stereocenters. The maximum atomic E-state index is 5.87. The first kappa shape index (κ1) is 18.3. The van der Waals surface area contributed by atoms with Gasteiger partial charge in [-0.2, -0.15) is 0 Å². The highest BCUT2D eigenvalue weighted by Gasteiger charge is 1.99. The predicted molar refractivity (Wildman–Crippen MR) is 106 cm³/mol. The van der Waals surface area contributed by atoms with Crippen molar-refractivity contribution < 1.29 is 0 Å². The van der Waals surface area contributed by atoms with Crippen molar-refractivity contribution in [3.05, 3.63) is 65.2 Å². The zero-order valence-electron chi connectivity index (χ0n) is 11.8. The molecule has 0 saturated heterocycles. The van der Waals surface area contributed by atoms with E-state index in [1.54, 1.807) is 11.8 Å². The van der Waals surface area contributed by atoms with Crippen molar-refractivity contribution in [1.29, 1.82) is 0 Å². The SMILES string of the molecule is CSC(=NCCc1ccccc1)Nc1ccc(Cl)cc1.I. The van der Waals surface area contributed by atoms with Crippen LogP contribution < -0.4 is 5.32 Å². The lowest BCUT2D eigenvalue weighted by Crippen LogP contribution is -2.08. The molecule has 0 aromatic heterocycles. The number of hydrogen-bond acceptors (Lipinski definition) is 2. The molecule has 0 radical (unpaired) electrons. The minimum absolute atomic E-state index is 0. The van der Waals surface area contributed by atoms with E-state index in [1.807, 2.05) is 36.6 Å². The Balaban J connectivity index is 0.00000220. The molecule has 2 rings (SSSR count). The van der Waals surface area contributed by atoms with Gasteiger partial charge in [-0.1, -0.05) is 53.7 Å². The zero-order chi connectivity index (χ0) is 14.2. The molecule has 21 heavy (non-hydrogen) atoms. The molecule has 2 aromatic carbocycles. The van der Waals surface area contributed by atoms with Gasteiger partial charge in [0, 0.05) is 17.3 Å². The third-order valence-electron chi connectivity index (χ3n) is 2.79. The Morgan fingerprint density at radius 1 is 1.10 bits per heavy atom. The largest absolute Gasteiger partial charge is 0.335 e. The summed E-state index contributed by atoms with van der Waals surface area (Å²) >= 11 is 7.48. The van der Waals surface area contributed by atoms with Crippen LogP contribution in [0.5, 0.6) is 0 Å². The van der Waals surface area contributed by atoms with E-state index in [1.165, 1.54) is 5.56 Å². The first-order valence-electron chi connectivity index (χ1n) is 6.43. The van der Waals surface area contributed by atoms with Crippen LogP contribution in [0.4, 0.5) is 5.69 Å². The number of aliphatic imine (C=N–C) groups is 1. The smallest absolute Gasteiger partial charge is 0.160 e. The van der Waals surface area contributed by atoms with E-state index < -0.39 is 0 Å². The topological polar surface area (TPSA) is 24.4 Å². The number of benzene rings is 2. The summed E-state index contributed by atoms with van der Waals surface area (Å²) in [5.74, 6) is 0. The van der Waals surface area contributed by atoms with Gasteiger partial charge in [-0.15, -0.1) is 24.0 Å². The molecule has 0 spiro atoms. The van der Waals surface area contributed by atoms with Gasteiger partial charge in [0.15, 0.2) is 5.17 Å². The highest BCUT2D eigenvalue weighted by atomic mass is 127. The summed E-state index contributed by atoms with van der Waals surface area (Å²) in [5.41, 5.74) is 2.31. The fourth-order valence-corrected chi connectivity index (χ4v) is 2.31. The monoisotopic (exact) mass is 432 g/mol. The minimum atomic E-state index is 0. The molecule has 0 saturated carbocycles. The average molecular weight is 433 g/mol. The van der Waals surface area contributed by atoms with Crippen molar-refractivity contribution in [2.75, 3.05) is 18.1 Å². The van der Waals surface area contributed by atoms with Crippen LogP contribution in [0.25, 0.3) is 0 Å². The van der Waals surface area contributed by atoms with E-state index in [0.29, 0.717) is 0 Å². The van der Waals surface area contributed by atoms with Gasteiger partial charge in [0.05, 0.1) is 0 Å². The third-order valence-corrected chi connectivity index (χ3v) is 3.66. The summed E-state index contributed by atoms with van der Waals surface area (Å²) < 4.78 is 0. The first-order chi connectivity index (χ1) is 9.78. The maximum absolute atomic E-state index is 5.87. The lowest BCUT2D eigenvalue weighted by molar-refractivity contribution is 0.971. The molecule has 0 bridgehead atoms. The number of amidine groups is 1. The molecular formula is C16H18ClIN2S. The van der Waals surface area contributed by atoms with Crippen LogP contribution in [-0.4, -0.2) is 18.0 Å². The van der Waals surface area contributed by atoms with Gasteiger partial charge in [-0.05, 0) is 42.5 Å². The molecule has 0 aliphatic rings. The molecular weight excluding hydrogens is 415 g/mol. The second-order valence-electron chi connectivity index (χ2n) is 4.26. The second kappa shape index (κ2) is 10.1. The molecule has 0 aliphatic carbocycles. The highest BCUT2D eigenvalue weighted by molar-refractivity contribution is 14.0. The Morgan fingerprint density at radius 2 is 1.76 bits per heavy atom. The quantitative estimate of drug-likeness (QED) is 0.401. The van der Waals surface area contributed by atoms with Crippen molar-refractivity contribution in [2.24, 2.45) is 4.99 Å². The molecule has 0 amide bonds. The third kappa shape index (κ3) is 6.72. The summed E-state index contributed by atoms with van der Waals surface area (Å²) in [6.45, 7) is 0.779. The molecule has 2 nitrogen and oxygen atoms in total. The molecule has 0 atom stereocenters. The molecule has 5 heteroatoms. The second-order valence-corrected chi connectivity index (χ2v) is 5.49. The number of thioether (sulfide) groups is 1. The van der Waals surface area contributed by atoms with Crippen molar-refractivity contribution >= 4 is 58.2 Å². The zero-order valence-corrected chi connectivity index (χ0v) is 15.7. The Morgan fingerprint density at radius 3 is 2.38 bits per heavy atom. The average Bonchev–Trinajstić information content (AvgIpc) is 2.49. The number of nitrogens with zero attached hydrogens (tertiary/aromatic N) is 1. The Labute approximate surface area is 152 Å². The van der Waals surface area contributed by atoms with Crippen LogP contribution in [0.3, 0.4) is 0 Å². The van der Waals surface area contributed by atoms with Gasteiger partial charge in [0.25, 0.3) is 0 Å². The fraction of sp³-hybridized carbons (Fsp3) is 0.188. The predicted octanol–water partition coefficient (Wildman–Crippen LogP) is 5.33. The van der Waals surface area contributed by atoms with Crippen LogP contribution in [-0.2, 0) is 6.42 Å². The minimum Gasteiger partial charge on any atom is -0.335 e. The fourth-order valence-electron chi connectivity index (χ4n) is 1.74. The molecule has 112 valence electrons. The Bertz CT molecular complexity index is 558. The number of hydrogen-bond donors (Lipinski definition) is 1. The van der Waals surface area contributed by atoms with Crippen LogP contribution in [0.15, 0.2) is 59.6 Å². The summed E-state index contributed by atoms with van der Waals surface area (Å²) in [6.07, 6.45) is 2.97. The summed E-state index contributed by atoms with van der Waals surface area (Å²) in [7, 11) is 0. The molecule has 0 heterocycles. The Kier molecular flexibility index (Phi) is 8.80. The van der Waals surface area contributed by atoms with E-state index in [0.717, 1.165) is 28.8 Å². The summed E-state index contributed by atoms with van der Waals surface area (Å²) in [4.78, 5) is 4.59. The van der Waals surface area contributed by atoms with Crippen molar-refractivity contribution in [3.8, 4) is 0 Å². The number of halogens is 2. The van der Waals surface area contributed by atoms with E-state index in [4.69, 9.17) is 11.6 Å². The van der Waals surface area contributed by atoms with E-state index in [-0.39, 0.29) is 24.0 Å². The van der Waals surface area contributed by atoms with Crippen LogP contribution in [0, 0.1) is 0 Å². The van der Waals surface area contributed by atoms with Gasteiger partial charge < -0.3 is 5.32 Å². The molecule has 0 fully saturated rings. The molecule has 2 aromatic rings. The van der Waals surface area contributed by atoms with Crippen LogP contribution >= 0.6 is 47.3 Å². The van der Waals surface area contributed by atoms with Crippen molar-refractivity contribution in [1.82, 2.24) is 0 Å².